The summed E-state index contributed by atoms with van der Waals surface area (Å²) in [5.74, 6) is -0.0117. The second kappa shape index (κ2) is 5.36. The smallest absolute Gasteiger partial charge is 0.309 e. The van der Waals surface area contributed by atoms with Crippen molar-refractivity contribution in [3.05, 3.63) is 54.1 Å². The van der Waals surface area contributed by atoms with E-state index >= 15 is 0 Å². The maximum Gasteiger partial charge on any atom is 0.309 e. The quantitative estimate of drug-likeness (QED) is 0.842. The van der Waals surface area contributed by atoms with E-state index in [0.717, 1.165) is 16.7 Å². The molecule has 0 amide bonds. The van der Waals surface area contributed by atoms with E-state index in [9.17, 15) is 9.90 Å². The Morgan fingerprint density at radius 1 is 1.11 bits per heavy atom. The van der Waals surface area contributed by atoms with E-state index in [1.54, 1.807) is 12.1 Å². The molecule has 2 aromatic carbocycles. The van der Waals surface area contributed by atoms with Crippen molar-refractivity contribution in [1.82, 2.24) is 0 Å². The van der Waals surface area contributed by atoms with Crippen LogP contribution in [0.2, 0.25) is 0 Å². The Kier molecular flexibility index (Phi) is 3.63. The molecule has 0 atom stereocenters. The number of methoxy groups -OCH3 is 1. The summed E-state index contributed by atoms with van der Waals surface area (Å²) in [6.07, 6.45) is 0.266. The van der Waals surface area contributed by atoms with Gasteiger partial charge in [0.05, 0.1) is 13.5 Å². The molecule has 0 aromatic heterocycles. The number of aromatic hydroxyl groups is 1. The first kappa shape index (κ1) is 12.2. The van der Waals surface area contributed by atoms with Crippen molar-refractivity contribution in [2.45, 2.75) is 6.42 Å². The molecular formula is C15H14O3. The van der Waals surface area contributed by atoms with Gasteiger partial charge in [0.15, 0.2) is 0 Å². The Balaban J connectivity index is 2.26. The van der Waals surface area contributed by atoms with Gasteiger partial charge in [-0.2, -0.15) is 0 Å². The molecule has 0 aliphatic rings. The van der Waals surface area contributed by atoms with E-state index in [2.05, 4.69) is 4.74 Å². The van der Waals surface area contributed by atoms with Crippen LogP contribution >= 0.6 is 0 Å². The Morgan fingerprint density at radius 3 is 2.50 bits per heavy atom. The van der Waals surface area contributed by atoms with Crippen LogP contribution in [-0.2, 0) is 16.0 Å². The number of carbonyl (C=O) groups is 1. The van der Waals surface area contributed by atoms with Crippen molar-refractivity contribution in [1.29, 1.82) is 0 Å². The molecule has 0 saturated carbocycles. The van der Waals surface area contributed by atoms with Crippen LogP contribution in [0.3, 0.4) is 0 Å². The Hall–Kier alpha value is -2.29. The third kappa shape index (κ3) is 2.88. The summed E-state index contributed by atoms with van der Waals surface area (Å²) in [6.45, 7) is 0. The lowest BCUT2D eigenvalue weighted by Gasteiger charge is -2.05. The molecule has 0 unspecified atom stereocenters. The fourth-order valence-electron chi connectivity index (χ4n) is 1.75. The average Bonchev–Trinajstić information content (AvgIpc) is 2.40. The number of benzene rings is 2. The lowest BCUT2D eigenvalue weighted by atomic mass is 10.0. The largest absolute Gasteiger partial charge is 0.508 e. The molecule has 3 nitrogen and oxygen atoms in total. The van der Waals surface area contributed by atoms with Gasteiger partial charge in [0.1, 0.15) is 5.75 Å². The van der Waals surface area contributed by atoms with Gasteiger partial charge >= 0.3 is 5.97 Å². The minimum absolute atomic E-state index is 0.240. The highest BCUT2D eigenvalue weighted by atomic mass is 16.5. The highest BCUT2D eigenvalue weighted by Crippen LogP contribution is 2.22. The molecular weight excluding hydrogens is 228 g/mol. The molecule has 0 fully saturated rings. The molecule has 2 aromatic rings. The number of carbonyl (C=O) groups excluding carboxylic acids is 1. The minimum Gasteiger partial charge on any atom is -0.508 e. The van der Waals surface area contributed by atoms with Gasteiger partial charge in [-0.1, -0.05) is 36.4 Å². The highest BCUT2D eigenvalue weighted by molar-refractivity contribution is 5.74. The fourth-order valence-corrected chi connectivity index (χ4v) is 1.75. The van der Waals surface area contributed by atoms with Crippen LogP contribution in [-0.4, -0.2) is 18.2 Å². The van der Waals surface area contributed by atoms with E-state index in [-0.39, 0.29) is 18.1 Å². The number of rotatable bonds is 3. The van der Waals surface area contributed by atoms with E-state index in [1.165, 1.54) is 7.11 Å². The number of ether oxygens (including phenoxy) is 1. The summed E-state index contributed by atoms with van der Waals surface area (Å²) in [5.41, 5.74) is 2.92. The highest BCUT2D eigenvalue weighted by Gasteiger charge is 2.04. The van der Waals surface area contributed by atoms with Gasteiger partial charge in [-0.15, -0.1) is 0 Å². The molecule has 0 heterocycles. The molecule has 3 heteroatoms. The van der Waals surface area contributed by atoms with Gasteiger partial charge < -0.3 is 9.84 Å². The standard InChI is InChI=1S/C15H14O3/c1-18-15(17)10-11-3-2-4-13(9-11)12-5-7-14(16)8-6-12/h2-9,16H,10H2,1H3. The van der Waals surface area contributed by atoms with Crippen molar-refractivity contribution in [2.75, 3.05) is 7.11 Å². The fraction of sp³-hybridized carbons (Fsp3) is 0.133. The summed E-state index contributed by atoms with van der Waals surface area (Å²) in [5, 5.41) is 9.25. The summed E-state index contributed by atoms with van der Waals surface area (Å²) in [7, 11) is 1.38. The molecule has 2 rings (SSSR count). The lowest BCUT2D eigenvalue weighted by molar-refractivity contribution is -0.139. The first-order chi connectivity index (χ1) is 8.69. The topological polar surface area (TPSA) is 46.5 Å². The van der Waals surface area contributed by atoms with Crippen molar-refractivity contribution in [3.8, 4) is 16.9 Å². The Labute approximate surface area is 106 Å². The minimum atomic E-state index is -0.252. The summed E-state index contributed by atoms with van der Waals surface area (Å²) >= 11 is 0. The molecule has 0 aliphatic heterocycles. The van der Waals surface area contributed by atoms with E-state index in [1.807, 2.05) is 36.4 Å². The zero-order valence-corrected chi connectivity index (χ0v) is 10.1. The second-order valence-corrected chi connectivity index (χ2v) is 4.00. The van der Waals surface area contributed by atoms with Gasteiger partial charge in [0, 0.05) is 0 Å². The predicted molar refractivity (Wildman–Crippen MR) is 69.3 cm³/mol. The van der Waals surface area contributed by atoms with Gasteiger partial charge in [-0.05, 0) is 28.8 Å². The number of hydrogen-bond donors (Lipinski definition) is 1. The molecule has 18 heavy (non-hydrogen) atoms. The zero-order valence-electron chi connectivity index (χ0n) is 10.1. The van der Waals surface area contributed by atoms with E-state index in [0.29, 0.717) is 0 Å². The van der Waals surface area contributed by atoms with Crippen molar-refractivity contribution in [3.63, 3.8) is 0 Å². The van der Waals surface area contributed by atoms with E-state index in [4.69, 9.17) is 0 Å². The van der Waals surface area contributed by atoms with Crippen LogP contribution in [0.15, 0.2) is 48.5 Å². The summed E-state index contributed by atoms with van der Waals surface area (Å²) in [4.78, 5) is 11.2. The first-order valence-corrected chi connectivity index (χ1v) is 5.64. The lowest BCUT2D eigenvalue weighted by Crippen LogP contribution is -2.04. The van der Waals surface area contributed by atoms with Crippen molar-refractivity contribution >= 4 is 5.97 Å². The average molecular weight is 242 g/mol. The van der Waals surface area contributed by atoms with Gasteiger partial charge in [-0.3, -0.25) is 4.79 Å². The summed E-state index contributed by atoms with van der Waals surface area (Å²) in [6, 6.07) is 14.7. The predicted octanol–water partition coefficient (Wildman–Crippen LogP) is 2.77. The number of esters is 1. The van der Waals surface area contributed by atoms with Crippen LogP contribution in [0.5, 0.6) is 5.75 Å². The maximum atomic E-state index is 11.2. The van der Waals surface area contributed by atoms with Crippen LogP contribution < -0.4 is 0 Å². The zero-order chi connectivity index (χ0) is 13.0. The number of phenolic OH excluding ortho intramolecular Hbond substituents is 1. The third-order valence-electron chi connectivity index (χ3n) is 2.70. The second-order valence-electron chi connectivity index (χ2n) is 4.00. The molecule has 1 N–H and O–H groups in total. The van der Waals surface area contributed by atoms with Crippen molar-refractivity contribution < 1.29 is 14.6 Å². The molecule has 0 saturated heterocycles. The molecule has 92 valence electrons. The Morgan fingerprint density at radius 2 is 1.83 bits per heavy atom. The number of hydrogen-bond acceptors (Lipinski definition) is 3. The molecule has 0 spiro atoms. The first-order valence-electron chi connectivity index (χ1n) is 5.64. The maximum absolute atomic E-state index is 11.2. The summed E-state index contributed by atoms with van der Waals surface area (Å²) < 4.78 is 4.64. The molecule has 0 radical (unpaired) electrons. The molecule has 0 aliphatic carbocycles. The van der Waals surface area contributed by atoms with Crippen molar-refractivity contribution in [2.24, 2.45) is 0 Å². The monoisotopic (exact) mass is 242 g/mol. The molecule has 0 bridgehead atoms. The number of phenols is 1. The third-order valence-corrected chi connectivity index (χ3v) is 2.70. The van der Waals surface area contributed by atoms with Crippen LogP contribution in [0.1, 0.15) is 5.56 Å². The normalized spacial score (nSPS) is 10.1. The van der Waals surface area contributed by atoms with Crippen LogP contribution in [0, 0.1) is 0 Å². The van der Waals surface area contributed by atoms with Crippen LogP contribution in [0.25, 0.3) is 11.1 Å². The van der Waals surface area contributed by atoms with E-state index < -0.39 is 0 Å². The SMILES string of the molecule is COC(=O)Cc1cccc(-c2ccc(O)cc2)c1. The Bertz CT molecular complexity index is 544. The van der Waals surface area contributed by atoms with Gasteiger partial charge in [0.25, 0.3) is 0 Å². The van der Waals surface area contributed by atoms with Crippen LogP contribution in [0.4, 0.5) is 0 Å². The van der Waals surface area contributed by atoms with Gasteiger partial charge in [-0.25, -0.2) is 0 Å². The van der Waals surface area contributed by atoms with Gasteiger partial charge in [0.2, 0.25) is 0 Å².